The predicted molar refractivity (Wildman–Crippen MR) is 133 cm³/mol. The van der Waals surface area contributed by atoms with Crippen molar-refractivity contribution < 1.29 is 22.8 Å². The number of carbonyl (C=O) groups excluding carboxylic acids is 2. The van der Waals surface area contributed by atoms with E-state index >= 15 is 0 Å². The van der Waals surface area contributed by atoms with E-state index in [1.54, 1.807) is 29.2 Å². The summed E-state index contributed by atoms with van der Waals surface area (Å²) >= 11 is 0. The topological polar surface area (TPSA) is 93.0 Å². The molecule has 4 aromatic rings. The molecule has 0 saturated carbocycles. The van der Waals surface area contributed by atoms with E-state index in [2.05, 4.69) is 20.4 Å². The molecule has 8 nitrogen and oxygen atoms in total. The van der Waals surface area contributed by atoms with Gasteiger partial charge in [0.25, 0.3) is 11.8 Å². The molecule has 2 aromatic carbocycles. The van der Waals surface area contributed by atoms with Gasteiger partial charge in [-0.2, -0.15) is 18.3 Å². The third kappa shape index (κ3) is 5.41. The zero-order valence-corrected chi connectivity index (χ0v) is 20.1. The largest absolute Gasteiger partial charge is 0.418 e. The Labute approximate surface area is 216 Å². The summed E-state index contributed by atoms with van der Waals surface area (Å²) in [5.41, 5.74) is 1.28. The predicted octanol–water partition coefficient (Wildman–Crippen LogP) is 4.95. The fraction of sp³-hybridized carbons (Fsp3) is 0.222. The Morgan fingerprint density at radius 3 is 2.42 bits per heavy atom. The fourth-order valence-electron chi connectivity index (χ4n) is 4.54. The van der Waals surface area contributed by atoms with Gasteiger partial charge in [-0.05, 0) is 66.8 Å². The third-order valence-electron chi connectivity index (χ3n) is 6.53. The maximum Gasteiger partial charge on any atom is 0.418 e. The Morgan fingerprint density at radius 1 is 0.974 bits per heavy atom. The number of rotatable bonds is 5. The van der Waals surface area contributed by atoms with Gasteiger partial charge >= 0.3 is 6.18 Å². The summed E-state index contributed by atoms with van der Waals surface area (Å²) in [6.07, 6.45) is 0.744. The van der Waals surface area contributed by atoms with Crippen LogP contribution in [0.5, 0.6) is 0 Å². The van der Waals surface area contributed by atoms with Gasteiger partial charge in [-0.15, -0.1) is 0 Å². The number of likely N-dealkylation sites (tertiary alicyclic amines) is 1. The van der Waals surface area contributed by atoms with Gasteiger partial charge in [0.1, 0.15) is 18.3 Å². The standard InChI is InChI=1S/C27H23F3N6O2/c28-27(29,30)23-5-2-12-32-24(23)26(38)35-13-10-19(11-14-35)18-6-8-21(9-7-18)34-25(37)20-3-1-4-22(15-20)36-17-31-16-33-36/h1-9,12,15-17,19H,10-11,13-14H2,(H,34,37). The molecule has 0 atom stereocenters. The minimum Gasteiger partial charge on any atom is -0.337 e. The van der Waals surface area contributed by atoms with Crippen LogP contribution in [0.25, 0.3) is 5.69 Å². The summed E-state index contributed by atoms with van der Waals surface area (Å²) in [5.74, 6) is -0.824. The molecule has 0 spiro atoms. The van der Waals surface area contributed by atoms with Gasteiger partial charge in [-0.1, -0.05) is 18.2 Å². The molecule has 11 heteroatoms. The average Bonchev–Trinajstić information content (AvgIpc) is 3.48. The molecule has 5 rings (SSSR count). The highest BCUT2D eigenvalue weighted by atomic mass is 19.4. The number of nitrogens with zero attached hydrogens (tertiary/aromatic N) is 5. The number of nitrogens with one attached hydrogen (secondary N) is 1. The number of carbonyl (C=O) groups is 2. The van der Waals surface area contributed by atoms with Crippen LogP contribution in [0.15, 0.2) is 79.5 Å². The van der Waals surface area contributed by atoms with Crippen molar-refractivity contribution in [1.82, 2.24) is 24.6 Å². The molecule has 0 unspecified atom stereocenters. The molecule has 0 bridgehead atoms. The van der Waals surface area contributed by atoms with Gasteiger partial charge in [-0.3, -0.25) is 14.6 Å². The molecule has 2 aromatic heterocycles. The van der Waals surface area contributed by atoms with Gasteiger partial charge in [0.15, 0.2) is 0 Å². The van der Waals surface area contributed by atoms with E-state index in [9.17, 15) is 22.8 Å². The monoisotopic (exact) mass is 520 g/mol. The van der Waals surface area contributed by atoms with E-state index in [1.807, 2.05) is 30.3 Å². The first kappa shape index (κ1) is 25.1. The van der Waals surface area contributed by atoms with Crippen molar-refractivity contribution >= 4 is 17.5 Å². The first-order chi connectivity index (χ1) is 18.3. The Morgan fingerprint density at radius 2 is 1.74 bits per heavy atom. The number of hydrogen-bond acceptors (Lipinski definition) is 5. The molecule has 1 fully saturated rings. The lowest BCUT2D eigenvalue weighted by Crippen LogP contribution is -2.39. The van der Waals surface area contributed by atoms with Gasteiger partial charge in [0.05, 0.1) is 11.3 Å². The van der Waals surface area contributed by atoms with Crippen molar-refractivity contribution in [3.63, 3.8) is 0 Å². The van der Waals surface area contributed by atoms with Crippen molar-refractivity contribution in [2.75, 3.05) is 18.4 Å². The molecule has 0 radical (unpaired) electrons. The van der Waals surface area contributed by atoms with Crippen LogP contribution in [0.2, 0.25) is 0 Å². The number of benzene rings is 2. The zero-order chi connectivity index (χ0) is 26.7. The summed E-state index contributed by atoms with van der Waals surface area (Å²) in [7, 11) is 0. The summed E-state index contributed by atoms with van der Waals surface area (Å²) in [6.45, 7) is 0.663. The minimum atomic E-state index is -4.64. The highest BCUT2D eigenvalue weighted by Gasteiger charge is 2.37. The van der Waals surface area contributed by atoms with Crippen molar-refractivity contribution in [2.45, 2.75) is 24.9 Å². The van der Waals surface area contributed by atoms with Gasteiger partial charge < -0.3 is 10.2 Å². The molecule has 1 aliphatic rings. The second kappa shape index (κ2) is 10.4. The Balaban J connectivity index is 1.19. The molecule has 1 saturated heterocycles. The quantitative estimate of drug-likeness (QED) is 0.402. The summed E-state index contributed by atoms with van der Waals surface area (Å²) in [5, 5.41) is 6.95. The van der Waals surface area contributed by atoms with Crippen molar-refractivity contribution in [2.24, 2.45) is 0 Å². The second-order valence-corrected chi connectivity index (χ2v) is 8.93. The van der Waals surface area contributed by atoms with E-state index in [0.717, 1.165) is 11.6 Å². The number of hydrogen-bond donors (Lipinski definition) is 1. The summed E-state index contributed by atoms with van der Waals surface area (Å²) < 4.78 is 41.5. The average molecular weight is 521 g/mol. The first-order valence-electron chi connectivity index (χ1n) is 12.0. The van der Waals surface area contributed by atoms with Crippen molar-refractivity contribution in [3.05, 3.63) is 102 Å². The molecule has 0 aliphatic carbocycles. The zero-order valence-electron chi connectivity index (χ0n) is 20.1. The fourth-order valence-corrected chi connectivity index (χ4v) is 4.54. The highest BCUT2D eigenvalue weighted by Crippen LogP contribution is 2.33. The van der Waals surface area contributed by atoms with Crippen LogP contribution in [0.3, 0.4) is 0 Å². The van der Waals surface area contributed by atoms with Gasteiger partial charge in [0, 0.05) is 30.5 Å². The van der Waals surface area contributed by atoms with E-state index in [1.165, 1.54) is 23.5 Å². The number of aromatic nitrogens is 4. The molecule has 3 heterocycles. The Bertz CT molecular complexity index is 1430. The van der Waals surface area contributed by atoms with Crippen molar-refractivity contribution in [3.8, 4) is 5.69 Å². The second-order valence-electron chi connectivity index (χ2n) is 8.93. The number of amides is 2. The number of anilines is 1. The molecule has 1 N–H and O–H groups in total. The van der Waals surface area contributed by atoms with Crippen LogP contribution < -0.4 is 5.32 Å². The normalized spacial score (nSPS) is 14.3. The molecule has 1 aliphatic heterocycles. The third-order valence-corrected chi connectivity index (χ3v) is 6.53. The molecule has 194 valence electrons. The van der Waals surface area contributed by atoms with Crippen LogP contribution in [-0.4, -0.2) is 49.6 Å². The summed E-state index contributed by atoms with van der Waals surface area (Å²) in [4.78, 5) is 34.6. The van der Waals surface area contributed by atoms with E-state index < -0.39 is 23.3 Å². The van der Waals surface area contributed by atoms with E-state index in [0.29, 0.717) is 42.9 Å². The first-order valence-corrected chi connectivity index (χ1v) is 12.0. The SMILES string of the molecule is O=C(Nc1ccc(C2CCN(C(=O)c3ncccc3C(F)(F)F)CC2)cc1)c1cccc(-n2cncn2)c1. The van der Waals surface area contributed by atoms with Crippen LogP contribution >= 0.6 is 0 Å². The van der Waals surface area contributed by atoms with Gasteiger partial charge in [0.2, 0.25) is 0 Å². The number of piperidine rings is 1. The highest BCUT2D eigenvalue weighted by molar-refractivity contribution is 6.04. The minimum absolute atomic E-state index is 0.147. The van der Waals surface area contributed by atoms with Crippen LogP contribution in [0.4, 0.5) is 18.9 Å². The molecular weight excluding hydrogens is 497 g/mol. The maximum atomic E-state index is 13.3. The smallest absolute Gasteiger partial charge is 0.337 e. The van der Waals surface area contributed by atoms with E-state index in [-0.39, 0.29) is 11.8 Å². The number of alkyl halides is 3. The Kier molecular flexibility index (Phi) is 6.91. The van der Waals surface area contributed by atoms with Crippen LogP contribution in [0, 0.1) is 0 Å². The number of halogens is 3. The van der Waals surface area contributed by atoms with Gasteiger partial charge in [-0.25, -0.2) is 9.67 Å². The number of pyridine rings is 1. The lowest BCUT2D eigenvalue weighted by molar-refractivity contribution is -0.138. The molecular formula is C27H23F3N6O2. The van der Waals surface area contributed by atoms with Crippen LogP contribution in [-0.2, 0) is 6.18 Å². The maximum absolute atomic E-state index is 13.3. The Hall–Kier alpha value is -4.54. The molecule has 2 amide bonds. The van der Waals surface area contributed by atoms with Crippen molar-refractivity contribution in [1.29, 1.82) is 0 Å². The van der Waals surface area contributed by atoms with E-state index in [4.69, 9.17) is 0 Å². The molecule has 38 heavy (non-hydrogen) atoms. The summed E-state index contributed by atoms with van der Waals surface area (Å²) in [6, 6.07) is 16.5. The van der Waals surface area contributed by atoms with Crippen LogP contribution in [0.1, 0.15) is 50.7 Å². The lowest BCUT2D eigenvalue weighted by Gasteiger charge is -2.32. The lowest BCUT2D eigenvalue weighted by atomic mass is 9.89.